The third kappa shape index (κ3) is 2.03. The zero-order valence-electron chi connectivity index (χ0n) is 8.80. The predicted molar refractivity (Wildman–Crippen MR) is 55.9 cm³/mol. The number of nitrogens with two attached hydrogens (primary N) is 1. The molecule has 2 heterocycles. The van der Waals surface area contributed by atoms with E-state index < -0.39 is 36.7 Å². The molecule has 2 rings (SSSR count). The first kappa shape index (κ1) is 12.0. The highest BCUT2D eigenvalue weighted by Crippen LogP contribution is 2.27. The molecule has 1 aromatic heterocycles. The Labute approximate surface area is 95.9 Å². The highest BCUT2D eigenvalue weighted by molar-refractivity contribution is 5.31. The summed E-state index contributed by atoms with van der Waals surface area (Å²) in [6.07, 6.45) is -3.44. The molecule has 8 heteroatoms. The molecule has 4 atom stereocenters. The van der Waals surface area contributed by atoms with E-state index in [1.807, 2.05) is 0 Å². The van der Waals surface area contributed by atoms with Crippen molar-refractivity contribution >= 4 is 5.69 Å². The molecule has 5 N–H and O–H groups in total. The maximum absolute atomic E-state index is 11.6. The van der Waals surface area contributed by atoms with Crippen molar-refractivity contribution in [1.29, 1.82) is 0 Å². The number of aliphatic hydroxyl groups is 3. The summed E-state index contributed by atoms with van der Waals surface area (Å²) in [7, 11) is 0. The van der Waals surface area contributed by atoms with Crippen LogP contribution in [0.5, 0.6) is 0 Å². The quantitative estimate of drug-likeness (QED) is 0.449. The van der Waals surface area contributed by atoms with Crippen LogP contribution in [0, 0.1) is 0 Å². The fraction of sp³-hybridized carbons (Fsp3) is 0.556. The largest absolute Gasteiger partial charge is 0.397 e. The number of ether oxygens (including phenoxy) is 1. The molecular formula is C9H13N3O5. The summed E-state index contributed by atoms with van der Waals surface area (Å²) in [6.45, 7) is -0.460. The number of rotatable bonds is 2. The van der Waals surface area contributed by atoms with Gasteiger partial charge in [-0.15, -0.1) is 0 Å². The minimum absolute atomic E-state index is 0.193. The maximum Gasteiger partial charge on any atom is 0.271 e. The summed E-state index contributed by atoms with van der Waals surface area (Å²) in [4.78, 5) is 11.6. The van der Waals surface area contributed by atoms with Gasteiger partial charge in [-0.25, -0.2) is 0 Å². The summed E-state index contributed by atoms with van der Waals surface area (Å²) < 4.78 is 6.03. The Bertz CT molecular complexity index is 462. The molecule has 94 valence electrons. The van der Waals surface area contributed by atoms with Gasteiger partial charge in [0.05, 0.1) is 18.5 Å². The number of anilines is 1. The topological polar surface area (TPSA) is 131 Å². The van der Waals surface area contributed by atoms with Gasteiger partial charge in [-0.05, 0) is 0 Å². The number of aliphatic hydroxyl groups excluding tert-OH is 3. The van der Waals surface area contributed by atoms with Gasteiger partial charge in [-0.3, -0.25) is 4.79 Å². The van der Waals surface area contributed by atoms with Crippen molar-refractivity contribution in [2.24, 2.45) is 0 Å². The molecule has 0 unspecified atom stereocenters. The smallest absolute Gasteiger partial charge is 0.271 e. The predicted octanol–water partition coefficient (Wildman–Crippen LogP) is -2.56. The lowest BCUT2D eigenvalue weighted by Gasteiger charge is -2.15. The maximum atomic E-state index is 11.6. The van der Waals surface area contributed by atoms with Gasteiger partial charge in [0.15, 0.2) is 6.23 Å². The zero-order valence-corrected chi connectivity index (χ0v) is 8.80. The van der Waals surface area contributed by atoms with Gasteiger partial charge in [0.1, 0.15) is 18.3 Å². The molecule has 0 saturated carbocycles. The monoisotopic (exact) mass is 243 g/mol. The SMILES string of the molecule is Nc1cnn([C@@H]2O[C@H](CO)[C@@H](O)[C@H]2O)c(=O)c1. The van der Waals surface area contributed by atoms with Gasteiger partial charge in [0, 0.05) is 6.07 Å². The fourth-order valence-corrected chi connectivity index (χ4v) is 1.70. The van der Waals surface area contributed by atoms with E-state index in [0.29, 0.717) is 0 Å². The number of aromatic nitrogens is 2. The molecule has 0 amide bonds. The van der Waals surface area contributed by atoms with Crippen LogP contribution in [0.3, 0.4) is 0 Å². The van der Waals surface area contributed by atoms with Crippen LogP contribution < -0.4 is 11.3 Å². The van der Waals surface area contributed by atoms with Gasteiger partial charge in [0.25, 0.3) is 5.56 Å². The highest BCUT2D eigenvalue weighted by atomic mass is 16.6. The molecule has 1 aromatic rings. The summed E-state index contributed by atoms with van der Waals surface area (Å²) in [5.74, 6) is 0. The average Bonchev–Trinajstić information content (AvgIpc) is 2.57. The molecule has 1 aliphatic heterocycles. The molecular weight excluding hydrogens is 230 g/mol. The van der Waals surface area contributed by atoms with Crippen molar-refractivity contribution in [2.75, 3.05) is 12.3 Å². The third-order valence-electron chi connectivity index (χ3n) is 2.61. The number of hydrogen-bond donors (Lipinski definition) is 4. The van der Waals surface area contributed by atoms with Crippen LogP contribution in [-0.4, -0.2) is 50.0 Å². The summed E-state index contributed by atoms with van der Waals surface area (Å²) in [5.41, 5.74) is 5.01. The Morgan fingerprint density at radius 1 is 1.47 bits per heavy atom. The first-order chi connectivity index (χ1) is 8.04. The second-order valence-electron chi connectivity index (χ2n) is 3.80. The molecule has 0 aliphatic carbocycles. The Kier molecular flexibility index (Phi) is 3.11. The molecule has 17 heavy (non-hydrogen) atoms. The second kappa shape index (κ2) is 4.41. The van der Waals surface area contributed by atoms with Gasteiger partial charge < -0.3 is 25.8 Å². The Hall–Kier alpha value is -1.48. The van der Waals surface area contributed by atoms with Crippen molar-refractivity contribution in [3.8, 4) is 0 Å². The molecule has 1 saturated heterocycles. The number of nitrogens with zero attached hydrogens (tertiary/aromatic N) is 2. The standard InChI is InChI=1S/C9H13N3O5/c10-4-1-6(14)12(11-2-4)9-8(16)7(15)5(3-13)17-9/h1-2,5,7-9,13,15-16H,3,10H2/t5-,7-,8-,9-/m1/s1. The second-order valence-corrected chi connectivity index (χ2v) is 3.80. The number of nitrogen functional groups attached to an aromatic ring is 1. The first-order valence-electron chi connectivity index (χ1n) is 5.01. The third-order valence-corrected chi connectivity index (χ3v) is 2.61. The highest BCUT2D eigenvalue weighted by Gasteiger charge is 2.44. The fourth-order valence-electron chi connectivity index (χ4n) is 1.70. The molecule has 0 bridgehead atoms. The van der Waals surface area contributed by atoms with Gasteiger partial charge in [0.2, 0.25) is 0 Å². The minimum atomic E-state index is -1.33. The molecule has 0 spiro atoms. The molecule has 1 fully saturated rings. The van der Waals surface area contributed by atoms with Crippen LogP contribution in [0.15, 0.2) is 17.1 Å². The lowest BCUT2D eigenvalue weighted by molar-refractivity contribution is -0.0609. The number of hydrogen-bond acceptors (Lipinski definition) is 7. The van der Waals surface area contributed by atoms with Gasteiger partial charge in [-0.1, -0.05) is 0 Å². The average molecular weight is 243 g/mol. The van der Waals surface area contributed by atoms with E-state index >= 15 is 0 Å². The molecule has 1 aliphatic rings. The van der Waals surface area contributed by atoms with Crippen molar-refractivity contribution in [3.63, 3.8) is 0 Å². The molecule has 8 nitrogen and oxygen atoms in total. The van der Waals surface area contributed by atoms with Crippen LogP contribution in [0.1, 0.15) is 6.23 Å². The lowest BCUT2D eigenvalue weighted by Crippen LogP contribution is -2.36. The molecule has 0 aromatic carbocycles. The van der Waals surface area contributed by atoms with Gasteiger partial charge >= 0.3 is 0 Å². The van der Waals surface area contributed by atoms with Crippen molar-refractivity contribution in [1.82, 2.24) is 9.78 Å². The van der Waals surface area contributed by atoms with E-state index in [1.54, 1.807) is 0 Å². The Balaban J connectivity index is 2.32. The normalized spacial score (nSPS) is 32.9. The van der Waals surface area contributed by atoms with E-state index in [1.165, 1.54) is 6.20 Å². The molecule has 0 radical (unpaired) electrons. The van der Waals surface area contributed by atoms with E-state index in [4.69, 9.17) is 15.6 Å². The van der Waals surface area contributed by atoms with Crippen LogP contribution >= 0.6 is 0 Å². The lowest BCUT2D eigenvalue weighted by atomic mass is 10.1. The van der Waals surface area contributed by atoms with E-state index in [2.05, 4.69) is 5.10 Å². The van der Waals surface area contributed by atoms with Crippen molar-refractivity contribution in [3.05, 3.63) is 22.6 Å². The zero-order chi connectivity index (χ0) is 12.6. The Morgan fingerprint density at radius 2 is 2.18 bits per heavy atom. The van der Waals surface area contributed by atoms with Crippen LogP contribution in [-0.2, 0) is 4.74 Å². The van der Waals surface area contributed by atoms with E-state index in [-0.39, 0.29) is 5.69 Å². The summed E-state index contributed by atoms with van der Waals surface area (Å²) >= 11 is 0. The van der Waals surface area contributed by atoms with Crippen molar-refractivity contribution in [2.45, 2.75) is 24.5 Å². The van der Waals surface area contributed by atoms with Gasteiger partial charge in [-0.2, -0.15) is 9.78 Å². The van der Waals surface area contributed by atoms with Crippen LogP contribution in [0.2, 0.25) is 0 Å². The van der Waals surface area contributed by atoms with Crippen molar-refractivity contribution < 1.29 is 20.1 Å². The van der Waals surface area contributed by atoms with Crippen LogP contribution in [0.25, 0.3) is 0 Å². The first-order valence-corrected chi connectivity index (χ1v) is 5.01. The van der Waals surface area contributed by atoms with E-state index in [9.17, 15) is 15.0 Å². The minimum Gasteiger partial charge on any atom is -0.397 e. The summed E-state index contributed by atoms with van der Waals surface area (Å²) in [5, 5.41) is 31.8. The van der Waals surface area contributed by atoms with E-state index in [0.717, 1.165) is 10.7 Å². The Morgan fingerprint density at radius 3 is 2.71 bits per heavy atom. The van der Waals surface area contributed by atoms with Crippen LogP contribution in [0.4, 0.5) is 5.69 Å². The summed E-state index contributed by atoms with van der Waals surface area (Å²) in [6, 6.07) is 1.13.